The second kappa shape index (κ2) is 17.0. The Bertz CT molecular complexity index is 1080. The zero-order valence-electron chi connectivity index (χ0n) is 21.7. The first-order valence-corrected chi connectivity index (χ1v) is 12.3. The summed E-state index contributed by atoms with van der Waals surface area (Å²) in [6, 6.07) is 3.41. The molecule has 220 valence electrons. The van der Waals surface area contributed by atoms with E-state index in [0.29, 0.717) is 0 Å². The van der Waals surface area contributed by atoms with Gasteiger partial charge in [-0.2, -0.15) is 0 Å². The molecule has 0 fully saturated rings. The number of carbonyl (C=O) groups is 6. The van der Waals surface area contributed by atoms with Gasteiger partial charge in [-0.05, 0) is 31.2 Å². The minimum absolute atomic E-state index is 0.0212. The zero-order valence-corrected chi connectivity index (χ0v) is 21.7. The second-order valence-electron chi connectivity index (χ2n) is 8.87. The second-order valence-corrected chi connectivity index (χ2v) is 8.87. The van der Waals surface area contributed by atoms with E-state index in [1.54, 1.807) is 30.3 Å². The number of nitrogens with zero attached hydrogens (tertiary/aromatic N) is 1. The summed E-state index contributed by atoms with van der Waals surface area (Å²) in [7, 11) is 0. The van der Waals surface area contributed by atoms with Crippen molar-refractivity contribution < 1.29 is 39.0 Å². The van der Waals surface area contributed by atoms with Crippen LogP contribution in [0.4, 0.5) is 0 Å². The van der Waals surface area contributed by atoms with E-state index in [1.165, 1.54) is 0 Å². The van der Waals surface area contributed by atoms with Crippen LogP contribution in [0.1, 0.15) is 37.7 Å². The van der Waals surface area contributed by atoms with Crippen molar-refractivity contribution in [2.45, 2.75) is 62.7 Å². The van der Waals surface area contributed by atoms with Gasteiger partial charge in [-0.15, -0.1) is 0 Å². The average molecular weight is 565 g/mol. The fourth-order valence-corrected chi connectivity index (χ4v) is 3.49. The lowest BCUT2D eigenvalue weighted by atomic mass is 10.0. The molecule has 4 atom stereocenters. The highest BCUT2D eigenvalue weighted by Gasteiger charge is 2.31. The molecule has 0 bridgehead atoms. The van der Waals surface area contributed by atoms with Crippen molar-refractivity contribution in [1.29, 1.82) is 0 Å². The van der Waals surface area contributed by atoms with E-state index in [4.69, 9.17) is 28.0 Å². The maximum absolute atomic E-state index is 13.2. The fourth-order valence-electron chi connectivity index (χ4n) is 3.49. The normalized spacial score (nSPS) is 13.5. The summed E-state index contributed by atoms with van der Waals surface area (Å²) in [5.74, 6) is -6.65. The number of guanidine groups is 1. The number of carboxylic acids is 2. The van der Waals surface area contributed by atoms with E-state index in [2.05, 4.69) is 15.6 Å². The molecular weight excluding hydrogens is 528 g/mol. The predicted octanol–water partition coefficient (Wildman–Crippen LogP) is -3.11. The molecule has 1 aromatic carbocycles. The average Bonchev–Trinajstić information content (AvgIpc) is 2.87. The van der Waals surface area contributed by atoms with E-state index >= 15 is 0 Å². The molecule has 0 radical (unpaired) electrons. The fraction of sp³-hybridized carbons (Fsp3) is 0.458. The smallest absolute Gasteiger partial charge is 0.326 e. The maximum Gasteiger partial charge on any atom is 0.326 e. The first-order valence-electron chi connectivity index (χ1n) is 12.3. The number of amides is 4. The van der Waals surface area contributed by atoms with Gasteiger partial charge in [-0.1, -0.05) is 30.3 Å². The molecule has 1 rings (SSSR count). The number of nitrogens with one attached hydrogen (secondary N) is 3. The van der Waals surface area contributed by atoms with Gasteiger partial charge in [0.2, 0.25) is 23.6 Å². The van der Waals surface area contributed by atoms with Crippen LogP contribution in [0, 0.1) is 0 Å². The van der Waals surface area contributed by atoms with Crippen molar-refractivity contribution in [3.63, 3.8) is 0 Å². The molecule has 13 N–H and O–H groups in total. The van der Waals surface area contributed by atoms with Crippen molar-refractivity contribution >= 4 is 41.5 Å². The number of hydrogen-bond acceptors (Lipinski definition) is 8. The van der Waals surface area contributed by atoms with Crippen LogP contribution < -0.4 is 38.9 Å². The van der Waals surface area contributed by atoms with Crippen molar-refractivity contribution in [2.75, 3.05) is 6.54 Å². The lowest BCUT2D eigenvalue weighted by Gasteiger charge is -2.25. The molecule has 0 aromatic heterocycles. The molecule has 0 aliphatic rings. The van der Waals surface area contributed by atoms with E-state index in [0.717, 1.165) is 5.56 Å². The first kappa shape index (κ1) is 33.3. The molecule has 1 aromatic rings. The number of carbonyl (C=O) groups excluding carboxylic acids is 4. The van der Waals surface area contributed by atoms with E-state index in [1.807, 2.05) is 5.32 Å². The van der Waals surface area contributed by atoms with Crippen LogP contribution in [0.3, 0.4) is 0 Å². The summed E-state index contributed by atoms with van der Waals surface area (Å²) in [6.07, 6.45) is -1.18. The number of benzene rings is 1. The van der Waals surface area contributed by atoms with Gasteiger partial charge < -0.3 is 49.1 Å². The molecule has 16 nitrogen and oxygen atoms in total. The minimum Gasteiger partial charge on any atom is -0.481 e. The van der Waals surface area contributed by atoms with Crippen LogP contribution in [0.5, 0.6) is 0 Å². The van der Waals surface area contributed by atoms with E-state index < -0.39 is 66.2 Å². The third-order valence-electron chi connectivity index (χ3n) is 5.52. The standard InChI is InChI=1S/C24H36N8O8/c25-14(11-13-5-2-1-3-6-13)20(36)30-15(7-4-10-29-24(27)28)21(37)31-16(8-9-18(26)33)22(38)32-17(23(39)40)12-19(34)35/h1-3,5-6,14-17H,4,7-12,25H2,(H2,26,33)(H,30,36)(H,31,37)(H,32,38)(H,34,35)(H,39,40)(H4,27,28,29). The number of aliphatic imine (C=N–C) groups is 1. The van der Waals surface area contributed by atoms with Crippen molar-refractivity contribution in [2.24, 2.45) is 27.9 Å². The van der Waals surface area contributed by atoms with Gasteiger partial charge in [0, 0.05) is 13.0 Å². The quantitative estimate of drug-likeness (QED) is 0.0488. The number of primary amides is 1. The Morgan fingerprint density at radius 2 is 1.35 bits per heavy atom. The Kier molecular flexibility index (Phi) is 14.1. The third kappa shape index (κ3) is 13.2. The molecular formula is C24H36N8O8. The van der Waals surface area contributed by atoms with Gasteiger partial charge in [-0.3, -0.25) is 29.0 Å². The SMILES string of the molecule is NC(=O)CCC(NC(=O)C(CCCN=C(N)N)NC(=O)C(N)Cc1ccccc1)C(=O)NC(CC(=O)O)C(=O)O. The molecule has 40 heavy (non-hydrogen) atoms. The van der Waals surface area contributed by atoms with Crippen LogP contribution in [0.25, 0.3) is 0 Å². The van der Waals surface area contributed by atoms with Gasteiger partial charge in [0.1, 0.15) is 18.1 Å². The van der Waals surface area contributed by atoms with Crippen molar-refractivity contribution in [3.05, 3.63) is 35.9 Å². The van der Waals surface area contributed by atoms with Crippen molar-refractivity contribution in [3.8, 4) is 0 Å². The number of carboxylic acid groups (broad SMARTS) is 2. The molecule has 0 aliphatic carbocycles. The largest absolute Gasteiger partial charge is 0.481 e. The summed E-state index contributed by atoms with van der Waals surface area (Å²) in [6.45, 7) is 0.124. The number of hydrogen-bond donors (Lipinski definition) is 9. The predicted molar refractivity (Wildman–Crippen MR) is 142 cm³/mol. The van der Waals surface area contributed by atoms with Gasteiger partial charge in [0.05, 0.1) is 12.5 Å². The number of rotatable bonds is 18. The Labute approximate surface area is 229 Å². The number of nitrogens with two attached hydrogens (primary N) is 4. The monoisotopic (exact) mass is 564 g/mol. The Balaban J connectivity index is 3.07. The molecule has 0 saturated heterocycles. The van der Waals surface area contributed by atoms with Gasteiger partial charge in [0.25, 0.3) is 0 Å². The summed E-state index contributed by atoms with van der Waals surface area (Å²) in [4.78, 5) is 76.3. The van der Waals surface area contributed by atoms with Crippen LogP contribution in [0.2, 0.25) is 0 Å². The maximum atomic E-state index is 13.2. The topological polar surface area (TPSA) is 295 Å². The Hall–Kier alpha value is -4.73. The van der Waals surface area contributed by atoms with Gasteiger partial charge in [0.15, 0.2) is 5.96 Å². The molecule has 16 heteroatoms. The zero-order chi connectivity index (χ0) is 30.2. The lowest BCUT2D eigenvalue weighted by molar-refractivity contribution is -0.147. The minimum atomic E-state index is -1.80. The Morgan fingerprint density at radius 1 is 0.800 bits per heavy atom. The van der Waals surface area contributed by atoms with Crippen molar-refractivity contribution in [1.82, 2.24) is 16.0 Å². The molecule has 0 spiro atoms. The van der Waals surface area contributed by atoms with E-state index in [9.17, 15) is 33.9 Å². The first-order chi connectivity index (χ1) is 18.8. The summed E-state index contributed by atoms with van der Waals surface area (Å²) in [5.41, 5.74) is 22.6. The summed E-state index contributed by atoms with van der Waals surface area (Å²) < 4.78 is 0. The molecule has 4 amide bonds. The Morgan fingerprint density at radius 3 is 1.88 bits per heavy atom. The van der Waals surface area contributed by atoms with Crippen LogP contribution in [0.15, 0.2) is 35.3 Å². The van der Waals surface area contributed by atoms with Gasteiger partial charge >= 0.3 is 11.9 Å². The highest BCUT2D eigenvalue weighted by molar-refractivity contribution is 5.95. The third-order valence-corrected chi connectivity index (χ3v) is 5.52. The molecule has 0 saturated carbocycles. The van der Waals surface area contributed by atoms with Crippen LogP contribution in [-0.2, 0) is 35.2 Å². The van der Waals surface area contributed by atoms with Crippen LogP contribution >= 0.6 is 0 Å². The molecule has 0 heterocycles. The number of aliphatic carboxylic acids is 2. The highest BCUT2D eigenvalue weighted by Crippen LogP contribution is 2.07. The molecule has 0 aliphatic heterocycles. The van der Waals surface area contributed by atoms with Crippen LogP contribution in [-0.4, -0.2) is 82.5 Å². The van der Waals surface area contributed by atoms with Gasteiger partial charge in [-0.25, -0.2) is 4.79 Å². The summed E-state index contributed by atoms with van der Waals surface area (Å²) in [5, 5.41) is 25.1. The van der Waals surface area contributed by atoms with E-state index in [-0.39, 0.29) is 44.6 Å². The highest BCUT2D eigenvalue weighted by atomic mass is 16.4. The molecule has 4 unspecified atom stereocenters. The lowest BCUT2D eigenvalue weighted by Crippen LogP contribution is -2.57. The summed E-state index contributed by atoms with van der Waals surface area (Å²) >= 11 is 0.